The van der Waals surface area contributed by atoms with Gasteiger partial charge in [0.15, 0.2) is 0 Å². The van der Waals surface area contributed by atoms with Crippen LogP contribution in [0.4, 0.5) is 4.79 Å². The van der Waals surface area contributed by atoms with Gasteiger partial charge in [-0.15, -0.1) is 0 Å². The van der Waals surface area contributed by atoms with E-state index in [0.29, 0.717) is 19.1 Å². The molecule has 0 aromatic heterocycles. The largest absolute Gasteiger partial charge is 0.338 e. The van der Waals surface area contributed by atoms with Gasteiger partial charge in [0.1, 0.15) is 0 Å². The van der Waals surface area contributed by atoms with Crippen LogP contribution in [0.5, 0.6) is 0 Å². The van der Waals surface area contributed by atoms with Gasteiger partial charge in [-0.05, 0) is 31.2 Å². The summed E-state index contributed by atoms with van der Waals surface area (Å²) in [6, 6.07) is 0.350. The van der Waals surface area contributed by atoms with Crippen LogP contribution in [0.3, 0.4) is 0 Å². The molecule has 1 saturated carbocycles. The van der Waals surface area contributed by atoms with Crippen molar-refractivity contribution in [2.75, 3.05) is 13.1 Å². The summed E-state index contributed by atoms with van der Waals surface area (Å²) < 4.78 is 0. The summed E-state index contributed by atoms with van der Waals surface area (Å²) >= 11 is 0. The molecule has 1 aliphatic carbocycles. The lowest BCUT2D eigenvalue weighted by atomic mass is 9.89. The molecule has 0 bridgehead atoms. The van der Waals surface area contributed by atoms with Crippen LogP contribution >= 0.6 is 0 Å². The monoisotopic (exact) mass is 241 g/mol. The lowest BCUT2D eigenvalue weighted by Crippen LogP contribution is -2.45. The number of amides is 2. The van der Waals surface area contributed by atoms with Crippen molar-refractivity contribution < 1.29 is 4.79 Å². The van der Waals surface area contributed by atoms with E-state index < -0.39 is 0 Å². The second kappa shape index (κ2) is 6.84. The zero-order chi connectivity index (χ0) is 12.7. The van der Waals surface area contributed by atoms with Crippen molar-refractivity contribution in [3.05, 3.63) is 0 Å². The summed E-state index contributed by atoms with van der Waals surface area (Å²) in [4.78, 5) is 11.7. The maximum absolute atomic E-state index is 11.7. The minimum Gasteiger partial charge on any atom is -0.338 e. The number of hydrogen-bond acceptors (Lipinski definition) is 2. The molecule has 17 heavy (non-hydrogen) atoms. The van der Waals surface area contributed by atoms with Gasteiger partial charge in [-0.25, -0.2) is 4.79 Å². The first kappa shape index (κ1) is 14.3. The summed E-state index contributed by atoms with van der Waals surface area (Å²) in [5, 5.41) is 6.00. The quantitative estimate of drug-likeness (QED) is 0.689. The fourth-order valence-electron chi connectivity index (χ4n) is 2.28. The standard InChI is InChI=1S/C13H27N3O/c1-13(2,8-9-14)10-15-12(17)16-11-6-4-3-5-7-11/h11H,3-10,14H2,1-2H3,(H2,15,16,17). The molecule has 0 aromatic rings. The van der Waals surface area contributed by atoms with Gasteiger partial charge in [-0.1, -0.05) is 33.1 Å². The molecule has 4 nitrogen and oxygen atoms in total. The molecule has 100 valence electrons. The van der Waals surface area contributed by atoms with Gasteiger partial charge < -0.3 is 16.4 Å². The summed E-state index contributed by atoms with van der Waals surface area (Å²) in [5.74, 6) is 0. The molecule has 0 aliphatic heterocycles. The van der Waals surface area contributed by atoms with Crippen LogP contribution in [0, 0.1) is 5.41 Å². The molecular weight excluding hydrogens is 214 g/mol. The Bertz CT molecular complexity index is 235. The molecule has 1 rings (SSSR count). The van der Waals surface area contributed by atoms with Crippen molar-refractivity contribution in [2.24, 2.45) is 11.1 Å². The van der Waals surface area contributed by atoms with Gasteiger partial charge >= 0.3 is 6.03 Å². The van der Waals surface area contributed by atoms with E-state index in [1.165, 1.54) is 19.3 Å². The Balaban J connectivity index is 2.20. The first-order valence-electron chi connectivity index (χ1n) is 6.78. The Morgan fingerprint density at radius 2 is 1.94 bits per heavy atom. The van der Waals surface area contributed by atoms with Crippen LogP contribution in [0.1, 0.15) is 52.4 Å². The third kappa shape index (κ3) is 5.91. The summed E-state index contributed by atoms with van der Waals surface area (Å²) in [6.45, 7) is 5.60. The summed E-state index contributed by atoms with van der Waals surface area (Å²) in [5.41, 5.74) is 5.62. The fraction of sp³-hybridized carbons (Fsp3) is 0.923. The van der Waals surface area contributed by atoms with Crippen molar-refractivity contribution in [1.82, 2.24) is 10.6 Å². The Morgan fingerprint density at radius 3 is 2.53 bits per heavy atom. The average molecular weight is 241 g/mol. The molecule has 0 radical (unpaired) electrons. The molecule has 1 aliphatic rings. The number of carbonyl (C=O) groups is 1. The zero-order valence-electron chi connectivity index (χ0n) is 11.2. The van der Waals surface area contributed by atoms with E-state index in [9.17, 15) is 4.79 Å². The highest BCUT2D eigenvalue weighted by Gasteiger charge is 2.19. The van der Waals surface area contributed by atoms with E-state index in [1.54, 1.807) is 0 Å². The molecule has 0 unspecified atom stereocenters. The smallest absolute Gasteiger partial charge is 0.315 e. The molecule has 0 spiro atoms. The first-order valence-corrected chi connectivity index (χ1v) is 6.78. The predicted molar refractivity (Wildman–Crippen MR) is 70.9 cm³/mol. The van der Waals surface area contributed by atoms with Crippen molar-refractivity contribution in [1.29, 1.82) is 0 Å². The second-order valence-electron chi connectivity index (χ2n) is 5.86. The predicted octanol–water partition coefficient (Wildman–Crippen LogP) is 1.99. The SMILES string of the molecule is CC(C)(CCN)CNC(=O)NC1CCCCC1. The Morgan fingerprint density at radius 1 is 1.29 bits per heavy atom. The topological polar surface area (TPSA) is 67.1 Å². The van der Waals surface area contributed by atoms with Crippen LogP contribution in [0.15, 0.2) is 0 Å². The van der Waals surface area contributed by atoms with Crippen molar-refractivity contribution in [2.45, 2.75) is 58.4 Å². The molecule has 0 atom stereocenters. The van der Waals surface area contributed by atoms with Gasteiger partial charge in [-0.2, -0.15) is 0 Å². The van der Waals surface area contributed by atoms with Crippen molar-refractivity contribution >= 4 is 6.03 Å². The van der Waals surface area contributed by atoms with Crippen LogP contribution in [-0.2, 0) is 0 Å². The summed E-state index contributed by atoms with van der Waals surface area (Å²) in [6.07, 6.45) is 6.96. The van der Waals surface area contributed by atoms with Gasteiger partial charge in [0.05, 0.1) is 0 Å². The zero-order valence-corrected chi connectivity index (χ0v) is 11.2. The molecular formula is C13H27N3O. The van der Waals surface area contributed by atoms with Gasteiger partial charge in [-0.3, -0.25) is 0 Å². The van der Waals surface area contributed by atoms with Crippen LogP contribution < -0.4 is 16.4 Å². The lowest BCUT2D eigenvalue weighted by molar-refractivity contribution is 0.224. The molecule has 4 N–H and O–H groups in total. The van der Waals surface area contributed by atoms with Gasteiger partial charge in [0, 0.05) is 12.6 Å². The number of rotatable bonds is 5. The van der Waals surface area contributed by atoms with E-state index >= 15 is 0 Å². The van der Waals surface area contributed by atoms with E-state index in [0.717, 1.165) is 19.3 Å². The van der Waals surface area contributed by atoms with Crippen LogP contribution in [-0.4, -0.2) is 25.2 Å². The number of urea groups is 1. The first-order chi connectivity index (χ1) is 8.03. The highest BCUT2D eigenvalue weighted by atomic mass is 16.2. The lowest BCUT2D eigenvalue weighted by Gasteiger charge is -2.26. The van der Waals surface area contributed by atoms with Crippen LogP contribution in [0.2, 0.25) is 0 Å². The fourth-order valence-corrected chi connectivity index (χ4v) is 2.28. The third-order valence-electron chi connectivity index (χ3n) is 3.49. The third-order valence-corrected chi connectivity index (χ3v) is 3.49. The van der Waals surface area contributed by atoms with Gasteiger partial charge in [0.25, 0.3) is 0 Å². The maximum atomic E-state index is 11.7. The van der Waals surface area contributed by atoms with Crippen molar-refractivity contribution in [3.63, 3.8) is 0 Å². The van der Waals surface area contributed by atoms with E-state index in [4.69, 9.17) is 5.73 Å². The number of nitrogens with two attached hydrogens (primary N) is 1. The average Bonchev–Trinajstić information content (AvgIpc) is 2.28. The Hall–Kier alpha value is -0.770. The molecule has 0 aromatic carbocycles. The molecule has 0 saturated heterocycles. The van der Waals surface area contributed by atoms with E-state index in [2.05, 4.69) is 24.5 Å². The molecule has 0 heterocycles. The number of hydrogen-bond donors (Lipinski definition) is 3. The molecule has 1 fully saturated rings. The highest BCUT2D eigenvalue weighted by Crippen LogP contribution is 2.18. The molecule has 2 amide bonds. The minimum atomic E-state index is -0.0259. The maximum Gasteiger partial charge on any atom is 0.315 e. The number of carbonyl (C=O) groups excluding carboxylic acids is 1. The van der Waals surface area contributed by atoms with Crippen LogP contribution in [0.25, 0.3) is 0 Å². The van der Waals surface area contributed by atoms with E-state index in [1.807, 2.05) is 0 Å². The number of nitrogens with one attached hydrogen (secondary N) is 2. The second-order valence-corrected chi connectivity index (χ2v) is 5.86. The minimum absolute atomic E-state index is 0.0259. The Labute approximate surface area is 105 Å². The van der Waals surface area contributed by atoms with Gasteiger partial charge in [0.2, 0.25) is 0 Å². The normalized spacial score (nSPS) is 17.8. The summed E-state index contributed by atoms with van der Waals surface area (Å²) in [7, 11) is 0. The highest BCUT2D eigenvalue weighted by molar-refractivity contribution is 5.74. The van der Waals surface area contributed by atoms with Crippen molar-refractivity contribution in [3.8, 4) is 0 Å². The molecule has 4 heteroatoms. The Kier molecular flexibility index (Phi) is 5.75. The van der Waals surface area contributed by atoms with E-state index in [-0.39, 0.29) is 11.4 Å².